The van der Waals surface area contributed by atoms with Gasteiger partial charge in [-0.25, -0.2) is 0 Å². The third-order valence-corrected chi connectivity index (χ3v) is 4.41. The third kappa shape index (κ3) is 3.56. The fourth-order valence-corrected chi connectivity index (χ4v) is 3.16. The van der Waals surface area contributed by atoms with E-state index in [9.17, 15) is 0 Å². The molecule has 0 spiro atoms. The summed E-state index contributed by atoms with van der Waals surface area (Å²) in [5, 5.41) is 3.63. The Hall–Kier alpha value is -0.380. The smallest absolute Gasteiger partial charge is 0.0499 e. The van der Waals surface area contributed by atoms with Crippen LogP contribution in [-0.4, -0.2) is 26.3 Å². The van der Waals surface area contributed by atoms with Gasteiger partial charge in [-0.1, -0.05) is 41.1 Å². The van der Waals surface area contributed by atoms with E-state index in [1.54, 1.807) is 7.11 Å². The summed E-state index contributed by atoms with van der Waals surface area (Å²) in [6.07, 6.45) is 2.50. The maximum absolute atomic E-state index is 5.15. The van der Waals surface area contributed by atoms with Crippen LogP contribution in [0.4, 0.5) is 0 Å². The average molecular weight is 312 g/mol. The molecule has 1 atom stereocenters. The van der Waals surface area contributed by atoms with Crippen molar-refractivity contribution in [3.05, 3.63) is 34.3 Å². The summed E-state index contributed by atoms with van der Waals surface area (Å²) >= 11 is 3.64. The summed E-state index contributed by atoms with van der Waals surface area (Å²) < 4.78 is 6.40. The van der Waals surface area contributed by atoms with Gasteiger partial charge in [0.1, 0.15) is 0 Å². The molecular formula is C15H22BrNO. The fraction of sp³-hybridized carbons (Fsp3) is 0.600. The summed E-state index contributed by atoms with van der Waals surface area (Å²) in [4.78, 5) is 0. The number of benzene rings is 1. The molecule has 1 saturated carbocycles. The summed E-state index contributed by atoms with van der Waals surface area (Å²) in [5.74, 6) is 1.31. The number of rotatable bonds is 6. The molecule has 1 N–H and O–H groups in total. The molecular weight excluding hydrogens is 290 g/mol. The molecule has 0 aromatic heterocycles. The lowest BCUT2D eigenvalue weighted by molar-refractivity contribution is 0.152. The van der Waals surface area contributed by atoms with Crippen molar-refractivity contribution in [3.63, 3.8) is 0 Å². The van der Waals surface area contributed by atoms with Crippen molar-refractivity contribution in [1.82, 2.24) is 5.32 Å². The number of hydrogen-bond donors (Lipinski definition) is 1. The van der Waals surface area contributed by atoms with E-state index in [2.05, 4.69) is 52.4 Å². The molecule has 0 saturated heterocycles. The Morgan fingerprint density at radius 3 is 2.78 bits per heavy atom. The van der Waals surface area contributed by atoms with E-state index in [-0.39, 0.29) is 0 Å². The molecule has 100 valence electrons. The Labute approximate surface area is 118 Å². The molecule has 18 heavy (non-hydrogen) atoms. The zero-order valence-corrected chi connectivity index (χ0v) is 12.7. The minimum atomic E-state index is 0.595. The predicted molar refractivity (Wildman–Crippen MR) is 78.9 cm³/mol. The molecule has 1 fully saturated rings. The van der Waals surface area contributed by atoms with Crippen molar-refractivity contribution in [2.75, 3.05) is 20.3 Å². The molecule has 0 heterocycles. The van der Waals surface area contributed by atoms with Crippen LogP contribution in [0.5, 0.6) is 0 Å². The van der Waals surface area contributed by atoms with Crippen LogP contribution in [0.2, 0.25) is 0 Å². The molecule has 0 bridgehead atoms. The Bertz CT molecular complexity index is 377. The van der Waals surface area contributed by atoms with Gasteiger partial charge in [-0.2, -0.15) is 0 Å². The van der Waals surface area contributed by atoms with E-state index >= 15 is 0 Å². The first-order chi connectivity index (χ1) is 8.70. The quantitative estimate of drug-likeness (QED) is 0.867. The molecule has 0 amide bonds. The second-order valence-electron chi connectivity index (χ2n) is 5.36. The lowest BCUT2D eigenvalue weighted by Crippen LogP contribution is -2.42. The van der Waals surface area contributed by atoms with Gasteiger partial charge in [0.2, 0.25) is 0 Å². The third-order valence-electron chi connectivity index (χ3n) is 3.69. The Balaban J connectivity index is 1.73. The van der Waals surface area contributed by atoms with Crippen LogP contribution in [0.1, 0.15) is 31.2 Å². The van der Waals surface area contributed by atoms with E-state index in [0.717, 1.165) is 19.1 Å². The molecule has 2 rings (SSSR count). The lowest BCUT2D eigenvalue weighted by Gasteiger charge is -2.37. The van der Waals surface area contributed by atoms with Crippen LogP contribution in [0.15, 0.2) is 28.7 Å². The monoisotopic (exact) mass is 311 g/mol. The summed E-state index contributed by atoms with van der Waals surface area (Å²) in [5.41, 5.74) is 1.46. The van der Waals surface area contributed by atoms with Crippen molar-refractivity contribution in [3.8, 4) is 0 Å². The lowest BCUT2D eigenvalue weighted by atomic mass is 9.76. The van der Waals surface area contributed by atoms with Crippen molar-refractivity contribution in [1.29, 1.82) is 0 Å². The van der Waals surface area contributed by atoms with Gasteiger partial charge in [0, 0.05) is 30.8 Å². The Morgan fingerprint density at radius 1 is 1.39 bits per heavy atom. The minimum absolute atomic E-state index is 0.595. The largest absolute Gasteiger partial charge is 0.384 e. The average Bonchev–Trinajstić information content (AvgIpc) is 2.29. The highest BCUT2D eigenvalue weighted by molar-refractivity contribution is 9.10. The van der Waals surface area contributed by atoms with Crippen LogP contribution in [-0.2, 0) is 4.74 Å². The SMILES string of the molecule is COCC(C)CNC1CC(c2ccccc2Br)C1. The zero-order chi connectivity index (χ0) is 13.0. The van der Waals surface area contributed by atoms with Crippen LogP contribution in [0.25, 0.3) is 0 Å². The normalized spacial score (nSPS) is 24.6. The van der Waals surface area contributed by atoms with Gasteiger partial charge >= 0.3 is 0 Å². The van der Waals surface area contributed by atoms with Gasteiger partial charge in [0.05, 0.1) is 0 Å². The number of halogens is 1. The highest BCUT2D eigenvalue weighted by atomic mass is 79.9. The van der Waals surface area contributed by atoms with Crippen molar-refractivity contribution >= 4 is 15.9 Å². The van der Waals surface area contributed by atoms with Gasteiger partial charge in [-0.3, -0.25) is 0 Å². The van der Waals surface area contributed by atoms with Crippen molar-refractivity contribution in [2.24, 2.45) is 5.92 Å². The Morgan fingerprint density at radius 2 is 2.11 bits per heavy atom. The molecule has 3 heteroatoms. The van der Waals surface area contributed by atoms with Gasteiger partial charge in [0.25, 0.3) is 0 Å². The molecule has 0 aliphatic heterocycles. The second-order valence-corrected chi connectivity index (χ2v) is 6.21. The predicted octanol–water partition coefficient (Wildman–Crippen LogP) is 3.57. The van der Waals surface area contributed by atoms with Gasteiger partial charge in [-0.05, 0) is 36.3 Å². The van der Waals surface area contributed by atoms with E-state index in [4.69, 9.17) is 4.74 Å². The van der Waals surface area contributed by atoms with Crippen LogP contribution < -0.4 is 5.32 Å². The van der Waals surface area contributed by atoms with E-state index in [0.29, 0.717) is 12.0 Å². The molecule has 1 aromatic carbocycles. The van der Waals surface area contributed by atoms with E-state index in [1.165, 1.54) is 22.9 Å². The molecule has 1 unspecified atom stereocenters. The summed E-state index contributed by atoms with van der Waals surface area (Å²) in [6, 6.07) is 9.26. The molecule has 1 aliphatic carbocycles. The highest BCUT2D eigenvalue weighted by Gasteiger charge is 2.30. The van der Waals surface area contributed by atoms with E-state index in [1.807, 2.05) is 0 Å². The summed E-state index contributed by atoms with van der Waals surface area (Å²) in [7, 11) is 1.77. The van der Waals surface area contributed by atoms with Crippen LogP contribution in [0, 0.1) is 5.92 Å². The maximum Gasteiger partial charge on any atom is 0.0499 e. The first kappa shape index (κ1) is 14.0. The first-order valence-corrected chi connectivity index (χ1v) is 7.46. The number of hydrogen-bond acceptors (Lipinski definition) is 2. The first-order valence-electron chi connectivity index (χ1n) is 6.67. The number of nitrogens with one attached hydrogen (secondary N) is 1. The molecule has 0 radical (unpaired) electrons. The highest BCUT2D eigenvalue weighted by Crippen LogP contribution is 2.39. The minimum Gasteiger partial charge on any atom is -0.384 e. The number of ether oxygens (including phenoxy) is 1. The second kappa shape index (κ2) is 6.69. The fourth-order valence-electron chi connectivity index (χ4n) is 2.56. The maximum atomic E-state index is 5.15. The van der Waals surface area contributed by atoms with Crippen molar-refractivity contribution < 1.29 is 4.74 Å². The van der Waals surface area contributed by atoms with Gasteiger partial charge < -0.3 is 10.1 Å². The van der Waals surface area contributed by atoms with E-state index < -0.39 is 0 Å². The van der Waals surface area contributed by atoms with Crippen molar-refractivity contribution in [2.45, 2.75) is 31.7 Å². The van der Waals surface area contributed by atoms with Gasteiger partial charge in [-0.15, -0.1) is 0 Å². The molecule has 1 aromatic rings. The van der Waals surface area contributed by atoms with Crippen LogP contribution >= 0.6 is 15.9 Å². The summed E-state index contributed by atoms with van der Waals surface area (Å²) in [6.45, 7) is 4.12. The molecule has 1 aliphatic rings. The number of methoxy groups -OCH3 is 1. The molecule has 2 nitrogen and oxygen atoms in total. The Kier molecular flexibility index (Phi) is 5.22. The topological polar surface area (TPSA) is 21.3 Å². The zero-order valence-electron chi connectivity index (χ0n) is 11.2. The standard InChI is InChI=1S/C15H22BrNO/c1-11(10-18-2)9-17-13-7-12(8-13)14-5-3-4-6-15(14)16/h3-6,11-13,17H,7-10H2,1-2H3. The van der Waals surface area contributed by atoms with Gasteiger partial charge in [0.15, 0.2) is 0 Å². The van der Waals surface area contributed by atoms with Crippen LogP contribution in [0.3, 0.4) is 0 Å².